The maximum Gasteiger partial charge on any atom is 0.263 e. The number of hydrogen-bond acceptors (Lipinski definition) is 5. The molecular weight excluding hydrogens is 406 g/mol. The molecule has 2 aromatic heterocycles. The Bertz CT molecular complexity index is 950. The molecular formula is C17H16BrN3O3S. The highest BCUT2D eigenvalue weighted by atomic mass is 79.9. The lowest BCUT2D eigenvalue weighted by molar-refractivity contribution is -0.121. The zero-order valence-electron chi connectivity index (χ0n) is 13.5. The molecule has 0 aliphatic carbocycles. The molecule has 0 aliphatic heterocycles. The Morgan fingerprint density at radius 1 is 1.36 bits per heavy atom. The molecule has 0 saturated heterocycles. The zero-order valence-corrected chi connectivity index (χ0v) is 15.9. The Balaban J connectivity index is 1.93. The molecule has 0 fully saturated rings. The van der Waals surface area contributed by atoms with Gasteiger partial charge in [-0.2, -0.15) is 0 Å². The van der Waals surface area contributed by atoms with Gasteiger partial charge in [-0.05, 0) is 17.7 Å². The number of rotatable bonds is 6. The van der Waals surface area contributed by atoms with Crippen molar-refractivity contribution in [2.45, 2.75) is 6.54 Å². The van der Waals surface area contributed by atoms with Crippen LogP contribution >= 0.6 is 27.3 Å². The zero-order chi connectivity index (χ0) is 17.8. The molecule has 3 rings (SSSR count). The summed E-state index contributed by atoms with van der Waals surface area (Å²) in [4.78, 5) is 29.8. The molecule has 0 saturated carbocycles. The van der Waals surface area contributed by atoms with Gasteiger partial charge in [-0.25, -0.2) is 4.98 Å². The van der Waals surface area contributed by atoms with E-state index in [0.29, 0.717) is 23.4 Å². The van der Waals surface area contributed by atoms with Crippen LogP contribution in [0.4, 0.5) is 0 Å². The van der Waals surface area contributed by atoms with Gasteiger partial charge in [0, 0.05) is 29.1 Å². The summed E-state index contributed by atoms with van der Waals surface area (Å²) < 4.78 is 7.19. The van der Waals surface area contributed by atoms with Crippen molar-refractivity contribution in [2.75, 3.05) is 20.3 Å². The Hall–Kier alpha value is -2.03. The van der Waals surface area contributed by atoms with Gasteiger partial charge < -0.3 is 10.1 Å². The summed E-state index contributed by atoms with van der Waals surface area (Å²) in [6, 6.07) is 7.74. The number of amides is 1. The van der Waals surface area contributed by atoms with E-state index in [1.165, 1.54) is 22.2 Å². The molecule has 25 heavy (non-hydrogen) atoms. The van der Waals surface area contributed by atoms with Crippen LogP contribution in [0.5, 0.6) is 0 Å². The molecule has 3 aromatic rings. The van der Waals surface area contributed by atoms with Gasteiger partial charge in [0.1, 0.15) is 11.4 Å². The predicted octanol–water partition coefficient (Wildman–Crippen LogP) is 2.65. The number of nitrogens with zero attached hydrogens (tertiary/aromatic N) is 2. The first-order valence-electron chi connectivity index (χ1n) is 7.58. The van der Waals surface area contributed by atoms with Gasteiger partial charge in [0.2, 0.25) is 5.91 Å². The second kappa shape index (κ2) is 7.90. The van der Waals surface area contributed by atoms with Crippen molar-refractivity contribution in [3.8, 4) is 11.1 Å². The Morgan fingerprint density at radius 2 is 2.12 bits per heavy atom. The second-order valence-electron chi connectivity index (χ2n) is 5.36. The number of ether oxygens (including phenoxy) is 1. The van der Waals surface area contributed by atoms with Crippen LogP contribution in [0.3, 0.4) is 0 Å². The van der Waals surface area contributed by atoms with Crippen LogP contribution in [-0.4, -0.2) is 35.7 Å². The van der Waals surface area contributed by atoms with E-state index in [-0.39, 0.29) is 18.0 Å². The highest BCUT2D eigenvalue weighted by Crippen LogP contribution is 2.31. The van der Waals surface area contributed by atoms with Gasteiger partial charge in [-0.15, -0.1) is 11.3 Å². The van der Waals surface area contributed by atoms with Crippen LogP contribution in [0.15, 0.2) is 45.2 Å². The van der Waals surface area contributed by atoms with E-state index in [4.69, 9.17) is 4.74 Å². The molecule has 8 heteroatoms. The van der Waals surface area contributed by atoms with E-state index < -0.39 is 0 Å². The molecule has 130 valence electrons. The average Bonchev–Trinajstić information content (AvgIpc) is 3.03. The monoisotopic (exact) mass is 421 g/mol. The fourth-order valence-electron chi connectivity index (χ4n) is 2.43. The quantitative estimate of drug-likeness (QED) is 0.620. The first-order valence-corrected chi connectivity index (χ1v) is 9.25. The minimum Gasteiger partial charge on any atom is -0.383 e. The third kappa shape index (κ3) is 3.97. The van der Waals surface area contributed by atoms with Gasteiger partial charge in [0.25, 0.3) is 5.56 Å². The minimum absolute atomic E-state index is 0.0683. The summed E-state index contributed by atoms with van der Waals surface area (Å²) in [6.45, 7) is 0.764. The predicted molar refractivity (Wildman–Crippen MR) is 102 cm³/mol. The number of carbonyl (C=O) groups excluding carboxylic acids is 1. The standard InChI is InChI=1S/C17H16BrN3O3S/c1-24-7-6-19-14(22)8-21-10-20-16-15(17(21)23)13(9-25-16)11-2-4-12(18)5-3-11/h2-5,9-10H,6-8H2,1H3,(H,19,22). The smallest absolute Gasteiger partial charge is 0.263 e. The number of fused-ring (bicyclic) bond motifs is 1. The Kier molecular flexibility index (Phi) is 5.62. The Morgan fingerprint density at radius 3 is 2.84 bits per heavy atom. The molecule has 1 amide bonds. The first-order chi connectivity index (χ1) is 12.1. The van der Waals surface area contributed by atoms with Crippen molar-refractivity contribution in [1.82, 2.24) is 14.9 Å². The number of halogens is 1. The maximum atomic E-state index is 12.8. The number of aromatic nitrogens is 2. The number of nitrogens with one attached hydrogen (secondary N) is 1. The SMILES string of the molecule is COCCNC(=O)Cn1cnc2scc(-c3ccc(Br)cc3)c2c1=O. The molecule has 0 atom stereocenters. The van der Waals surface area contributed by atoms with E-state index in [1.54, 1.807) is 7.11 Å². The van der Waals surface area contributed by atoms with Gasteiger partial charge in [-0.3, -0.25) is 14.2 Å². The lowest BCUT2D eigenvalue weighted by atomic mass is 10.1. The van der Waals surface area contributed by atoms with E-state index in [2.05, 4.69) is 26.2 Å². The Labute approximate surface area is 156 Å². The van der Waals surface area contributed by atoms with Crippen molar-refractivity contribution in [2.24, 2.45) is 0 Å². The molecule has 1 aromatic carbocycles. The largest absolute Gasteiger partial charge is 0.383 e. The van der Waals surface area contributed by atoms with Crippen molar-refractivity contribution in [3.05, 3.63) is 50.8 Å². The van der Waals surface area contributed by atoms with E-state index >= 15 is 0 Å². The van der Waals surface area contributed by atoms with Gasteiger partial charge in [-0.1, -0.05) is 28.1 Å². The first kappa shape index (κ1) is 17.8. The number of hydrogen-bond donors (Lipinski definition) is 1. The fourth-order valence-corrected chi connectivity index (χ4v) is 3.60. The summed E-state index contributed by atoms with van der Waals surface area (Å²) >= 11 is 4.83. The van der Waals surface area contributed by atoms with Crippen LogP contribution in [0.2, 0.25) is 0 Å². The fraction of sp³-hybridized carbons (Fsp3) is 0.235. The average molecular weight is 422 g/mol. The summed E-state index contributed by atoms with van der Waals surface area (Å²) in [6.07, 6.45) is 1.42. The molecule has 0 radical (unpaired) electrons. The highest BCUT2D eigenvalue weighted by Gasteiger charge is 2.14. The summed E-state index contributed by atoms with van der Waals surface area (Å²) in [5.74, 6) is -0.249. The van der Waals surface area contributed by atoms with Crippen molar-refractivity contribution in [3.63, 3.8) is 0 Å². The van der Waals surface area contributed by atoms with Crippen molar-refractivity contribution in [1.29, 1.82) is 0 Å². The molecule has 0 unspecified atom stereocenters. The molecule has 2 heterocycles. The molecule has 0 spiro atoms. The normalized spacial score (nSPS) is 11.0. The van der Waals surface area contributed by atoms with Crippen LogP contribution in [0.25, 0.3) is 21.3 Å². The second-order valence-corrected chi connectivity index (χ2v) is 7.13. The lowest BCUT2D eigenvalue weighted by Crippen LogP contribution is -2.34. The lowest BCUT2D eigenvalue weighted by Gasteiger charge is -2.07. The highest BCUT2D eigenvalue weighted by molar-refractivity contribution is 9.10. The number of thiophene rings is 1. The molecule has 1 N–H and O–H groups in total. The van der Waals surface area contributed by atoms with Crippen LogP contribution < -0.4 is 10.9 Å². The topological polar surface area (TPSA) is 73.2 Å². The van der Waals surface area contributed by atoms with Gasteiger partial charge in [0.15, 0.2) is 0 Å². The number of methoxy groups -OCH3 is 1. The van der Waals surface area contributed by atoms with Crippen LogP contribution in [-0.2, 0) is 16.1 Å². The van der Waals surface area contributed by atoms with Gasteiger partial charge >= 0.3 is 0 Å². The molecule has 6 nitrogen and oxygen atoms in total. The summed E-state index contributed by atoms with van der Waals surface area (Å²) in [7, 11) is 1.56. The number of carbonyl (C=O) groups is 1. The summed E-state index contributed by atoms with van der Waals surface area (Å²) in [5.41, 5.74) is 1.56. The number of benzene rings is 1. The third-order valence-electron chi connectivity index (χ3n) is 3.66. The van der Waals surface area contributed by atoms with E-state index in [0.717, 1.165) is 15.6 Å². The summed E-state index contributed by atoms with van der Waals surface area (Å²) in [5, 5.41) is 5.16. The molecule has 0 aliphatic rings. The van der Waals surface area contributed by atoms with Crippen LogP contribution in [0, 0.1) is 0 Å². The van der Waals surface area contributed by atoms with Gasteiger partial charge in [0.05, 0.1) is 18.3 Å². The van der Waals surface area contributed by atoms with Crippen molar-refractivity contribution < 1.29 is 9.53 Å². The van der Waals surface area contributed by atoms with E-state index in [1.807, 2.05) is 29.6 Å². The third-order valence-corrected chi connectivity index (χ3v) is 5.07. The van der Waals surface area contributed by atoms with Crippen LogP contribution in [0.1, 0.15) is 0 Å². The maximum absolute atomic E-state index is 12.8. The van der Waals surface area contributed by atoms with E-state index in [9.17, 15) is 9.59 Å². The minimum atomic E-state index is -0.249. The molecule has 0 bridgehead atoms. The van der Waals surface area contributed by atoms with Crippen molar-refractivity contribution >= 4 is 43.4 Å².